The number of aryl methyl sites for hydroxylation is 1. The summed E-state index contributed by atoms with van der Waals surface area (Å²) in [4.78, 5) is 9.10. The fourth-order valence-electron chi connectivity index (χ4n) is 2.42. The first kappa shape index (κ1) is 12.3. The minimum absolute atomic E-state index is 0.553. The van der Waals surface area contributed by atoms with Gasteiger partial charge < -0.3 is 10.5 Å². The van der Waals surface area contributed by atoms with Gasteiger partial charge in [-0.3, -0.25) is 0 Å². The number of ether oxygens (including phenoxy) is 1. The highest BCUT2D eigenvalue weighted by Crippen LogP contribution is 2.32. The molecule has 2 rings (SSSR count). The molecule has 0 aliphatic heterocycles. The third-order valence-corrected chi connectivity index (χ3v) is 3.41. The van der Waals surface area contributed by atoms with Gasteiger partial charge in [-0.2, -0.15) is 0 Å². The molecule has 2 N–H and O–H groups in total. The van der Waals surface area contributed by atoms with Crippen molar-refractivity contribution in [3.63, 3.8) is 0 Å². The van der Waals surface area contributed by atoms with Crippen LogP contribution in [-0.2, 0) is 6.42 Å². The predicted molar refractivity (Wildman–Crippen MR) is 67.2 cm³/mol. The minimum Gasteiger partial charge on any atom is -0.493 e. The highest BCUT2D eigenvalue weighted by atomic mass is 16.5. The highest BCUT2D eigenvalue weighted by molar-refractivity contribution is 5.25. The third-order valence-electron chi connectivity index (χ3n) is 3.41. The second-order valence-electron chi connectivity index (χ2n) is 4.62. The van der Waals surface area contributed by atoms with E-state index >= 15 is 0 Å². The summed E-state index contributed by atoms with van der Waals surface area (Å²) in [5, 5.41) is 0. The minimum atomic E-state index is 0.553. The molecule has 0 bridgehead atoms. The normalized spacial score (nSPS) is 16.4. The average molecular weight is 235 g/mol. The molecule has 0 unspecified atom stereocenters. The van der Waals surface area contributed by atoms with Crippen molar-refractivity contribution in [1.82, 2.24) is 9.97 Å². The second kappa shape index (κ2) is 5.96. The summed E-state index contributed by atoms with van der Waals surface area (Å²) < 4.78 is 5.29. The zero-order valence-electron chi connectivity index (χ0n) is 10.5. The van der Waals surface area contributed by atoms with E-state index < -0.39 is 0 Å². The van der Waals surface area contributed by atoms with Crippen LogP contribution in [0.1, 0.15) is 49.5 Å². The standard InChI is InChI=1S/C13H21N3O/c1-17-12-9-15-13(10-5-2-3-6-10)16-11(12)7-4-8-14/h9-10H,2-8,14H2,1H3. The van der Waals surface area contributed by atoms with Crippen molar-refractivity contribution in [2.75, 3.05) is 13.7 Å². The largest absolute Gasteiger partial charge is 0.493 e. The molecule has 1 aromatic rings. The summed E-state index contributed by atoms with van der Waals surface area (Å²) >= 11 is 0. The van der Waals surface area contributed by atoms with Gasteiger partial charge in [-0.1, -0.05) is 12.8 Å². The smallest absolute Gasteiger partial charge is 0.158 e. The van der Waals surface area contributed by atoms with Crippen molar-refractivity contribution in [3.05, 3.63) is 17.7 Å². The quantitative estimate of drug-likeness (QED) is 0.848. The topological polar surface area (TPSA) is 61.0 Å². The molecule has 1 aromatic heterocycles. The van der Waals surface area contributed by atoms with E-state index in [4.69, 9.17) is 10.5 Å². The lowest BCUT2D eigenvalue weighted by Crippen LogP contribution is -2.08. The third kappa shape index (κ3) is 2.94. The maximum Gasteiger partial charge on any atom is 0.158 e. The summed E-state index contributed by atoms with van der Waals surface area (Å²) in [5.74, 6) is 2.34. The van der Waals surface area contributed by atoms with Crippen LogP contribution in [0.5, 0.6) is 5.75 Å². The van der Waals surface area contributed by atoms with Crippen molar-refractivity contribution >= 4 is 0 Å². The van der Waals surface area contributed by atoms with Gasteiger partial charge in [-0.15, -0.1) is 0 Å². The molecule has 0 aromatic carbocycles. The van der Waals surface area contributed by atoms with Crippen LogP contribution in [0.4, 0.5) is 0 Å². The van der Waals surface area contributed by atoms with Gasteiger partial charge in [0.15, 0.2) is 5.75 Å². The monoisotopic (exact) mass is 235 g/mol. The Hall–Kier alpha value is -1.16. The van der Waals surface area contributed by atoms with E-state index in [2.05, 4.69) is 9.97 Å². The van der Waals surface area contributed by atoms with Crippen LogP contribution in [0.3, 0.4) is 0 Å². The highest BCUT2D eigenvalue weighted by Gasteiger charge is 2.20. The Morgan fingerprint density at radius 3 is 2.82 bits per heavy atom. The van der Waals surface area contributed by atoms with E-state index in [1.165, 1.54) is 25.7 Å². The SMILES string of the molecule is COc1cnc(C2CCCC2)nc1CCCN. The van der Waals surface area contributed by atoms with Gasteiger partial charge in [0.2, 0.25) is 0 Å². The molecule has 0 spiro atoms. The van der Waals surface area contributed by atoms with Crippen molar-refractivity contribution < 1.29 is 4.74 Å². The van der Waals surface area contributed by atoms with Gasteiger partial charge in [0.1, 0.15) is 5.82 Å². The summed E-state index contributed by atoms with van der Waals surface area (Å²) in [7, 11) is 1.67. The molecular formula is C13H21N3O. The number of hydrogen-bond donors (Lipinski definition) is 1. The van der Waals surface area contributed by atoms with Gasteiger partial charge in [0.25, 0.3) is 0 Å². The Labute approximate surface area is 103 Å². The maximum atomic E-state index is 5.54. The van der Waals surface area contributed by atoms with E-state index in [-0.39, 0.29) is 0 Å². The lowest BCUT2D eigenvalue weighted by Gasteiger charge is -2.12. The van der Waals surface area contributed by atoms with E-state index in [9.17, 15) is 0 Å². The van der Waals surface area contributed by atoms with E-state index in [0.29, 0.717) is 12.5 Å². The van der Waals surface area contributed by atoms with E-state index in [0.717, 1.165) is 30.1 Å². The molecule has 17 heavy (non-hydrogen) atoms. The number of nitrogens with zero attached hydrogens (tertiary/aromatic N) is 2. The number of aromatic nitrogens is 2. The van der Waals surface area contributed by atoms with Crippen molar-refractivity contribution in [2.45, 2.75) is 44.4 Å². The Morgan fingerprint density at radius 2 is 2.18 bits per heavy atom. The average Bonchev–Trinajstić information content (AvgIpc) is 2.89. The maximum absolute atomic E-state index is 5.54. The molecule has 4 heteroatoms. The van der Waals surface area contributed by atoms with E-state index in [1.54, 1.807) is 7.11 Å². The van der Waals surface area contributed by atoms with Gasteiger partial charge in [-0.25, -0.2) is 9.97 Å². The fraction of sp³-hybridized carbons (Fsp3) is 0.692. The predicted octanol–water partition coefficient (Wildman–Crippen LogP) is 2.03. The van der Waals surface area contributed by atoms with Gasteiger partial charge >= 0.3 is 0 Å². The van der Waals surface area contributed by atoms with Crippen LogP contribution in [0.2, 0.25) is 0 Å². The Bertz CT molecular complexity index is 362. The summed E-state index contributed by atoms with van der Waals surface area (Å²) in [6.45, 7) is 0.686. The van der Waals surface area contributed by atoms with Crippen LogP contribution in [0.25, 0.3) is 0 Å². The molecule has 1 aliphatic carbocycles. The second-order valence-corrected chi connectivity index (χ2v) is 4.62. The van der Waals surface area contributed by atoms with Gasteiger partial charge in [0.05, 0.1) is 19.0 Å². The summed E-state index contributed by atoms with van der Waals surface area (Å²) in [6, 6.07) is 0. The number of nitrogens with two attached hydrogens (primary N) is 1. The van der Waals surface area contributed by atoms with Gasteiger partial charge in [-0.05, 0) is 32.2 Å². The number of hydrogen-bond acceptors (Lipinski definition) is 4. The van der Waals surface area contributed by atoms with Crippen LogP contribution in [0, 0.1) is 0 Å². The van der Waals surface area contributed by atoms with E-state index in [1.807, 2.05) is 6.20 Å². The first-order chi connectivity index (χ1) is 8.35. The molecule has 0 radical (unpaired) electrons. The molecule has 0 amide bonds. The Balaban J connectivity index is 2.17. The molecule has 0 saturated heterocycles. The lowest BCUT2D eigenvalue weighted by molar-refractivity contribution is 0.402. The molecule has 4 nitrogen and oxygen atoms in total. The molecule has 1 aliphatic rings. The first-order valence-electron chi connectivity index (χ1n) is 6.45. The van der Waals surface area contributed by atoms with Crippen LogP contribution < -0.4 is 10.5 Å². The van der Waals surface area contributed by atoms with Crippen LogP contribution >= 0.6 is 0 Å². The van der Waals surface area contributed by atoms with Crippen LogP contribution in [0.15, 0.2) is 6.20 Å². The van der Waals surface area contributed by atoms with Crippen molar-refractivity contribution in [2.24, 2.45) is 5.73 Å². The molecular weight excluding hydrogens is 214 g/mol. The van der Waals surface area contributed by atoms with Crippen molar-refractivity contribution in [1.29, 1.82) is 0 Å². The Kier molecular flexibility index (Phi) is 4.31. The summed E-state index contributed by atoms with van der Waals surface area (Å²) in [6.07, 6.45) is 8.69. The van der Waals surface area contributed by atoms with Gasteiger partial charge in [0, 0.05) is 5.92 Å². The zero-order chi connectivity index (χ0) is 12.1. The molecule has 1 saturated carbocycles. The molecule has 1 heterocycles. The fourth-order valence-corrected chi connectivity index (χ4v) is 2.42. The molecule has 1 fully saturated rings. The first-order valence-corrected chi connectivity index (χ1v) is 6.45. The number of methoxy groups -OCH3 is 1. The molecule has 0 atom stereocenters. The summed E-state index contributed by atoms with van der Waals surface area (Å²) in [5.41, 5.74) is 6.55. The van der Waals surface area contributed by atoms with Crippen LogP contribution in [-0.4, -0.2) is 23.6 Å². The zero-order valence-corrected chi connectivity index (χ0v) is 10.5. The molecule has 94 valence electrons. The Morgan fingerprint density at radius 1 is 1.41 bits per heavy atom. The number of rotatable bonds is 5. The van der Waals surface area contributed by atoms with Crippen molar-refractivity contribution in [3.8, 4) is 5.75 Å². The lowest BCUT2D eigenvalue weighted by atomic mass is 10.1.